The molecule has 0 fully saturated rings. The predicted molar refractivity (Wildman–Crippen MR) is 76.6 cm³/mol. The van der Waals surface area contributed by atoms with Gasteiger partial charge in [0.2, 0.25) is 0 Å². The number of carbonyl (C=O) groups excluding carboxylic acids is 2. The highest BCUT2D eigenvalue weighted by Crippen LogP contribution is 2.22. The van der Waals surface area contributed by atoms with Crippen LogP contribution in [0.1, 0.15) is 33.6 Å². The summed E-state index contributed by atoms with van der Waals surface area (Å²) in [6.45, 7) is 1.79. The van der Waals surface area contributed by atoms with E-state index < -0.39 is 0 Å². The number of nitrogens with one attached hydrogen (secondary N) is 1. The predicted octanol–water partition coefficient (Wildman–Crippen LogP) is 3.49. The van der Waals surface area contributed by atoms with Crippen LogP contribution in [0, 0.1) is 0 Å². The zero-order valence-corrected chi connectivity index (χ0v) is 12.6. The summed E-state index contributed by atoms with van der Waals surface area (Å²) < 4.78 is 5.79. The molecule has 0 aliphatic carbocycles. The number of hydrogen-bond donors (Lipinski definition) is 1. The molecule has 2 rings (SSSR count). The summed E-state index contributed by atoms with van der Waals surface area (Å²) in [7, 11) is 0. The fourth-order valence-electron chi connectivity index (χ4n) is 1.61. The van der Waals surface area contributed by atoms with Gasteiger partial charge in [-0.15, -0.1) is 11.3 Å². The normalized spacial score (nSPS) is 12.1. The Hall–Kier alpha value is -1.40. The second-order valence-electron chi connectivity index (χ2n) is 4.08. The number of Topliss-reactive ketones (excluding diaryl/α,β-unsaturated/α-hetero) is 1. The molecule has 0 aliphatic heterocycles. The molecule has 100 valence electrons. The van der Waals surface area contributed by atoms with Crippen LogP contribution in [0.15, 0.2) is 38.7 Å². The first-order valence-electron chi connectivity index (χ1n) is 5.68. The van der Waals surface area contributed by atoms with Gasteiger partial charge >= 0.3 is 0 Å². The van der Waals surface area contributed by atoms with Crippen LogP contribution in [0.2, 0.25) is 0 Å². The maximum absolute atomic E-state index is 11.9. The molecule has 0 saturated heterocycles. The van der Waals surface area contributed by atoms with E-state index in [1.54, 1.807) is 19.1 Å². The summed E-state index contributed by atoms with van der Waals surface area (Å²) in [5.41, 5.74) is 0. The van der Waals surface area contributed by atoms with Crippen molar-refractivity contribution in [2.45, 2.75) is 19.4 Å². The molecular weight excluding hydrogens is 330 g/mol. The maximum Gasteiger partial charge on any atom is 0.262 e. The van der Waals surface area contributed by atoms with E-state index in [1.165, 1.54) is 17.6 Å². The Balaban J connectivity index is 1.91. The molecule has 19 heavy (non-hydrogen) atoms. The topological polar surface area (TPSA) is 59.3 Å². The summed E-state index contributed by atoms with van der Waals surface area (Å²) in [6.07, 6.45) is 1.67. The largest absolute Gasteiger partial charge is 0.461 e. The van der Waals surface area contributed by atoms with Gasteiger partial charge in [0, 0.05) is 16.9 Å². The van der Waals surface area contributed by atoms with Crippen molar-refractivity contribution in [2.24, 2.45) is 0 Å². The summed E-state index contributed by atoms with van der Waals surface area (Å²) in [5, 5.41) is 4.63. The molecule has 4 nitrogen and oxygen atoms in total. The molecule has 2 heterocycles. The SMILES string of the molecule is CC(CC(=O)c1ccco1)NC(=O)c1sccc1Br. The van der Waals surface area contributed by atoms with Gasteiger partial charge in [0.05, 0.1) is 6.26 Å². The lowest BCUT2D eigenvalue weighted by atomic mass is 10.1. The third-order valence-corrected chi connectivity index (χ3v) is 4.32. The highest BCUT2D eigenvalue weighted by Gasteiger charge is 2.18. The van der Waals surface area contributed by atoms with Gasteiger partial charge in [-0.3, -0.25) is 9.59 Å². The van der Waals surface area contributed by atoms with Crippen LogP contribution in [0.5, 0.6) is 0 Å². The van der Waals surface area contributed by atoms with E-state index in [0.29, 0.717) is 10.6 Å². The van der Waals surface area contributed by atoms with Crippen molar-refractivity contribution in [2.75, 3.05) is 0 Å². The summed E-state index contributed by atoms with van der Waals surface area (Å²) >= 11 is 4.66. The molecule has 0 radical (unpaired) electrons. The molecule has 1 amide bonds. The Kier molecular flexibility index (Phi) is 4.55. The summed E-state index contributed by atoms with van der Waals surface area (Å²) in [5.74, 6) is 0.0167. The van der Waals surface area contributed by atoms with Crippen LogP contribution in [0.25, 0.3) is 0 Å². The summed E-state index contributed by atoms with van der Waals surface area (Å²) in [4.78, 5) is 24.3. The van der Waals surface area contributed by atoms with Crippen molar-refractivity contribution in [3.8, 4) is 0 Å². The number of furan rings is 1. The van der Waals surface area contributed by atoms with Gasteiger partial charge in [-0.25, -0.2) is 0 Å². The van der Waals surface area contributed by atoms with E-state index in [-0.39, 0.29) is 24.2 Å². The van der Waals surface area contributed by atoms with Crippen LogP contribution in [-0.4, -0.2) is 17.7 Å². The Bertz CT molecular complexity index is 576. The van der Waals surface area contributed by atoms with Crippen molar-refractivity contribution < 1.29 is 14.0 Å². The Morgan fingerprint density at radius 1 is 1.47 bits per heavy atom. The zero-order valence-electron chi connectivity index (χ0n) is 10.2. The molecule has 1 unspecified atom stereocenters. The van der Waals surface area contributed by atoms with Gasteiger partial charge < -0.3 is 9.73 Å². The van der Waals surface area contributed by atoms with Gasteiger partial charge in [0.15, 0.2) is 11.5 Å². The zero-order chi connectivity index (χ0) is 13.8. The minimum Gasteiger partial charge on any atom is -0.461 e. The Morgan fingerprint density at radius 2 is 2.26 bits per heavy atom. The minimum atomic E-state index is -0.251. The fraction of sp³-hybridized carbons (Fsp3) is 0.231. The van der Waals surface area contributed by atoms with Gasteiger partial charge in [-0.1, -0.05) is 0 Å². The van der Waals surface area contributed by atoms with Gasteiger partial charge in [0.25, 0.3) is 5.91 Å². The van der Waals surface area contributed by atoms with Gasteiger partial charge in [0.1, 0.15) is 4.88 Å². The lowest BCUT2D eigenvalue weighted by Crippen LogP contribution is -2.33. The Labute approximate surface area is 122 Å². The number of ketones is 1. The Morgan fingerprint density at radius 3 is 2.84 bits per heavy atom. The standard InChI is InChI=1S/C13H12BrNO3S/c1-8(7-10(16)11-3-2-5-18-11)15-13(17)12-9(14)4-6-19-12/h2-6,8H,7H2,1H3,(H,15,17). The molecule has 2 aromatic rings. The van der Waals surface area contributed by atoms with Crippen LogP contribution in [0.4, 0.5) is 0 Å². The first kappa shape index (κ1) is 14.0. The van der Waals surface area contributed by atoms with E-state index in [1.807, 2.05) is 11.4 Å². The highest BCUT2D eigenvalue weighted by molar-refractivity contribution is 9.10. The molecular formula is C13H12BrNO3S. The number of halogens is 1. The lowest BCUT2D eigenvalue weighted by molar-refractivity contribution is 0.0909. The van der Waals surface area contributed by atoms with E-state index in [0.717, 1.165) is 4.47 Å². The molecule has 1 atom stereocenters. The van der Waals surface area contributed by atoms with Crippen molar-refractivity contribution >= 4 is 39.0 Å². The first-order valence-corrected chi connectivity index (χ1v) is 7.35. The first-order chi connectivity index (χ1) is 9.08. The third kappa shape index (κ3) is 3.54. The third-order valence-electron chi connectivity index (χ3n) is 2.49. The molecule has 0 saturated carbocycles. The lowest BCUT2D eigenvalue weighted by Gasteiger charge is -2.11. The molecule has 0 aromatic carbocycles. The fourth-order valence-corrected chi connectivity index (χ4v) is 3.07. The quantitative estimate of drug-likeness (QED) is 0.846. The van der Waals surface area contributed by atoms with Gasteiger partial charge in [-0.05, 0) is 46.4 Å². The number of hydrogen-bond acceptors (Lipinski definition) is 4. The second kappa shape index (κ2) is 6.16. The van der Waals surface area contributed by atoms with Crippen LogP contribution in [-0.2, 0) is 0 Å². The average Bonchev–Trinajstić information content (AvgIpc) is 2.98. The molecule has 0 spiro atoms. The van der Waals surface area contributed by atoms with Crippen molar-refractivity contribution in [1.29, 1.82) is 0 Å². The van der Waals surface area contributed by atoms with Crippen molar-refractivity contribution in [3.05, 3.63) is 45.0 Å². The molecule has 0 aliphatic rings. The number of rotatable bonds is 5. The van der Waals surface area contributed by atoms with Crippen LogP contribution >= 0.6 is 27.3 Å². The minimum absolute atomic E-state index is 0.122. The summed E-state index contributed by atoms with van der Waals surface area (Å²) in [6, 6.07) is 4.85. The molecule has 1 N–H and O–H groups in total. The average molecular weight is 342 g/mol. The number of amides is 1. The second-order valence-corrected chi connectivity index (χ2v) is 5.85. The van der Waals surface area contributed by atoms with E-state index >= 15 is 0 Å². The smallest absolute Gasteiger partial charge is 0.262 e. The maximum atomic E-state index is 11.9. The highest BCUT2D eigenvalue weighted by atomic mass is 79.9. The number of thiophene rings is 1. The molecule has 2 aromatic heterocycles. The monoisotopic (exact) mass is 341 g/mol. The van der Waals surface area contributed by atoms with Gasteiger partial charge in [-0.2, -0.15) is 0 Å². The van der Waals surface area contributed by atoms with E-state index in [2.05, 4.69) is 21.2 Å². The van der Waals surface area contributed by atoms with E-state index in [4.69, 9.17) is 4.42 Å². The van der Waals surface area contributed by atoms with Crippen molar-refractivity contribution in [3.63, 3.8) is 0 Å². The van der Waals surface area contributed by atoms with E-state index in [9.17, 15) is 9.59 Å². The molecule has 6 heteroatoms. The van der Waals surface area contributed by atoms with Crippen molar-refractivity contribution in [1.82, 2.24) is 5.32 Å². The van der Waals surface area contributed by atoms with Crippen LogP contribution in [0.3, 0.4) is 0 Å². The number of carbonyl (C=O) groups is 2. The van der Waals surface area contributed by atoms with Crippen LogP contribution < -0.4 is 5.32 Å². The molecule has 0 bridgehead atoms.